The summed E-state index contributed by atoms with van der Waals surface area (Å²) in [5, 5.41) is 0. The molecule has 1 rings (SSSR count). The Labute approximate surface area is 76.1 Å². The van der Waals surface area contributed by atoms with Gasteiger partial charge in [0, 0.05) is 6.04 Å². The van der Waals surface area contributed by atoms with E-state index in [0.29, 0.717) is 0 Å². The predicted octanol–water partition coefficient (Wildman–Crippen LogP) is 1.60. The van der Waals surface area contributed by atoms with Crippen LogP contribution in [0.1, 0.15) is 39.0 Å². The molecule has 1 aliphatic heterocycles. The van der Waals surface area contributed by atoms with Gasteiger partial charge in [-0.2, -0.15) is 0 Å². The van der Waals surface area contributed by atoms with Crippen LogP contribution in [0.15, 0.2) is 0 Å². The van der Waals surface area contributed by atoms with Crippen LogP contribution >= 0.6 is 0 Å². The maximum atomic E-state index is 5.51. The minimum absolute atomic E-state index is 0.840. The molecule has 0 spiro atoms. The highest BCUT2D eigenvalue weighted by Gasteiger charge is 2.19. The van der Waals surface area contributed by atoms with Gasteiger partial charge in [-0.05, 0) is 45.3 Å². The first kappa shape index (κ1) is 10.0. The van der Waals surface area contributed by atoms with Crippen LogP contribution in [0, 0.1) is 0 Å². The van der Waals surface area contributed by atoms with Crippen LogP contribution in [-0.4, -0.2) is 30.6 Å². The van der Waals surface area contributed by atoms with Gasteiger partial charge in [0.1, 0.15) is 0 Å². The molecule has 0 unspecified atom stereocenters. The van der Waals surface area contributed by atoms with Crippen molar-refractivity contribution in [3.8, 4) is 0 Å². The first-order valence-corrected chi connectivity index (χ1v) is 5.32. The number of nitrogens with two attached hydrogens (primary N) is 1. The number of rotatable bonds is 4. The minimum atomic E-state index is 0.840. The van der Waals surface area contributed by atoms with Gasteiger partial charge in [0.15, 0.2) is 0 Å². The van der Waals surface area contributed by atoms with Crippen LogP contribution in [0.3, 0.4) is 0 Å². The van der Waals surface area contributed by atoms with Gasteiger partial charge in [-0.1, -0.05) is 13.3 Å². The summed E-state index contributed by atoms with van der Waals surface area (Å²) in [6.45, 7) is 5.66. The van der Waals surface area contributed by atoms with Crippen LogP contribution in [0.5, 0.6) is 0 Å². The zero-order chi connectivity index (χ0) is 8.81. The van der Waals surface area contributed by atoms with E-state index in [-0.39, 0.29) is 0 Å². The number of likely N-dealkylation sites (tertiary alicyclic amines) is 1. The summed E-state index contributed by atoms with van der Waals surface area (Å²) in [6, 6.07) is 0.852. The van der Waals surface area contributed by atoms with E-state index in [1.165, 1.54) is 38.8 Å². The molecule has 1 fully saturated rings. The van der Waals surface area contributed by atoms with Crippen molar-refractivity contribution in [1.82, 2.24) is 4.90 Å². The fourth-order valence-corrected chi connectivity index (χ4v) is 2.11. The Morgan fingerprint density at radius 2 is 2.25 bits per heavy atom. The molecular weight excluding hydrogens is 148 g/mol. The van der Waals surface area contributed by atoms with Crippen molar-refractivity contribution in [1.29, 1.82) is 0 Å². The Bertz CT molecular complexity index is 114. The van der Waals surface area contributed by atoms with Crippen molar-refractivity contribution < 1.29 is 0 Å². The topological polar surface area (TPSA) is 29.3 Å². The fraction of sp³-hybridized carbons (Fsp3) is 1.00. The van der Waals surface area contributed by atoms with Crippen LogP contribution in [0.4, 0.5) is 0 Å². The van der Waals surface area contributed by atoms with Gasteiger partial charge in [-0.15, -0.1) is 0 Å². The molecule has 12 heavy (non-hydrogen) atoms. The second kappa shape index (κ2) is 5.55. The summed E-state index contributed by atoms with van der Waals surface area (Å²) in [4.78, 5) is 2.62. The molecular formula is C10H22N2. The van der Waals surface area contributed by atoms with Crippen LogP contribution < -0.4 is 5.73 Å². The number of nitrogens with zero attached hydrogens (tertiary/aromatic N) is 1. The first-order chi connectivity index (χ1) is 5.88. The third-order valence-electron chi connectivity index (χ3n) is 2.87. The number of hydrogen-bond donors (Lipinski definition) is 1. The monoisotopic (exact) mass is 170 g/mol. The molecule has 0 aromatic carbocycles. The second-order valence-electron chi connectivity index (χ2n) is 3.74. The first-order valence-electron chi connectivity index (χ1n) is 5.32. The van der Waals surface area contributed by atoms with Gasteiger partial charge in [0.2, 0.25) is 0 Å². The Balaban J connectivity index is 2.26. The van der Waals surface area contributed by atoms with E-state index in [1.54, 1.807) is 0 Å². The number of hydrogen-bond acceptors (Lipinski definition) is 2. The third kappa shape index (κ3) is 2.76. The van der Waals surface area contributed by atoms with Gasteiger partial charge in [0.05, 0.1) is 0 Å². The minimum Gasteiger partial charge on any atom is -0.330 e. The number of piperidine rings is 1. The maximum Gasteiger partial charge on any atom is 0.00926 e. The second-order valence-corrected chi connectivity index (χ2v) is 3.74. The van der Waals surface area contributed by atoms with Crippen LogP contribution in [0.2, 0.25) is 0 Å². The standard InChI is InChI=1S/C10H22N2/c1-2-10-6-3-4-8-12(10)9-5-7-11/h10H,2-9,11H2,1H3/t10-/m0/s1. The lowest BCUT2D eigenvalue weighted by molar-refractivity contribution is 0.143. The Morgan fingerprint density at radius 1 is 1.42 bits per heavy atom. The van der Waals surface area contributed by atoms with Gasteiger partial charge < -0.3 is 10.6 Å². The molecule has 0 bridgehead atoms. The molecule has 1 aliphatic rings. The van der Waals surface area contributed by atoms with Crippen molar-refractivity contribution in [3.05, 3.63) is 0 Å². The molecule has 2 N–H and O–H groups in total. The summed E-state index contributed by atoms with van der Waals surface area (Å²) in [7, 11) is 0. The molecule has 1 heterocycles. The highest BCUT2D eigenvalue weighted by molar-refractivity contribution is 4.75. The maximum absolute atomic E-state index is 5.51. The molecule has 2 heteroatoms. The van der Waals surface area contributed by atoms with Crippen molar-refractivity contribution in [3.63, 3.8) is 0 Å². The van der Waals surface area contributed by atoms with E-state index >= 15 is 0 Å². The lowest BCUT2D eigenvalue weighted by Gasteiger charge is -2.35. The summed E-state index contributed by atoms with van der Waals surface area (Å²) in [5.74, 6) is 0. The normalized spacial score (nSPS) is 26.0. The van der Waals surface area contributed by atoms with E-state index in [0.717, 1.165) is 19.0 Å². The lowest BCUT2D eigenvalue weighted by atomic mass is 10.00. The highest BCUT2D eigenvalue weighted by atomic mass is 15.2. The van der Waals surface area contributed by atoms with Gasteiger partial charge in [-0.25, -0.2) is 0 Å². The fourth-order valence-electron chi connectivity index (χ4n) is 2.11. The van der Waals surface area contributed by atoms with Crippen molar-refractivity contribution >= 4 is 0 Å². The van der Waals surface area contributed by atoms with E-state index in [1.807, 2.05) is 0 Å². The zero-order valence-corrected chi connectivity index (χ0v) is 8.26. The van der Waals surface area contributed by atoms with Crippen molar-refractivity contribution in [2.45, 2.75) is 45.1 Å². The molecule has 0 saturated carbocycles. The molecule has 1 saturated heterocycles. The molecule has 2 nitrogen and oxygen atoms in total. The molecule has 0 radical (unpaired) electrons. The van der Waals surface area contributed by atoms with E-state index < -0.39 is 0 Å². The molecule has 72 valence electrons. The highest BCUT2D eigenvalue weighted by Crippen LogP contribution is 2.18. The average molecular weight is 170 g/mol. The largest absolute Gasteiger partial charge is 0.330 e. The Hall–Kier alpha value is -0.0800. The Morgan fingerprint density at radius 3 is 2.92 bits per heavy atom. The molecule has 0 aromatic heterocycles. The van der Waals surface area contributed by atoms with Crippen LogP contribution in [0.25, 0.3) is 0 Å². The smallest absolute Gasteiger partial charge is 0.00926 e. The SMILES string of the molecule is CC[C@H]1CCCCN1CCCN. The molecule has 0 aliphatic carbocycles. The quantitative estimate of drug-likeness (QED) is 0.694. The summed E-state index contributed by atoms with van der Waals surface area (Å²) < 4.78 is 0. The van der Waals surface area contributed by atoms with Crippen molar-refractivity contribution in [2.24, 2.45) is 5.73 Å². The van der Waals surface area contributed by atoms with Gasteiger partial charge >= 0.3 is 0 Å². The summed E-state index contributed by atoms with van der Waals surface area (Å²) >= 11 is 0. The summed E-state index contributed by atoms with van der Waals surface area (Å²) in [6.07, 6.45) is 6.70. The van der Waals surface area contributed by atoms with E-state index in [9.17, 15) is 0 Å². The Kier molecular flexibility index (Phi) is 4.62. The molecule has 0 amide bonds. The third-order valence-corrected chi connectivity index (χ3v) is 2.87. The zero-order valence-electron chi connectivity index (χ0n) is 8.26. The predicted molar refractivity (Wildman–Crippen MR) is 53.2 cm³/mol. The van der Waals surface area contributed by atoms with Gasteiger partial charge in [-0.3, -0.25) is 0 Å². The summed E-state index contributed by atoms with van der Waals surface area (Å²) in [5.41, 5.74) is 5.51. The molecule has 1 atom stereocenters. The lowest BCUT2D eigenvalue weighted by Crippen LogP contribution is -2.40. The van der Waals surface area contributed by atoms with Crippen LogP contribution in [-0.2, 0) is 0 Å². The van der Waals surface area contributed by atoms with E-state index in [4.69, 9.17) is 5.73 Å². The van der Waals surface area contributed by atoms with Gasteiger partial charge in [0.25, 0.3) is 0 Å². The molecule has 0 aromatic rings. The van der Waals surface area contributed by atoms with Crippen molar-refractivity contribution in [2.75, 3.05) is 19.6 Å². The van der Waals surface area contributed by atoms with E-state index in [2.05, 4.69) is 11.8 Å². The average Bonchev–Trinajstić information content (AvgIpc) is 2.15.